The summed E-state index contributed by atoms with van der Waals surface area (Å²) in [6.45, 7) is 3.44. The van der Waals surface area contributed by atoms with E-state index in [1.807, 2.05) is 18.5 Å². The number of benzene rings is 1. The molecular formula is C28H33N7. The second-order valence-electron chi connectivity index (χ2n) is 10.00. The van der Waals surface area contributed by atoms with Crippen LogP contribution in [-0.4, -0.2) is 46.5 Å². The summed E-state index contributed by atoms with van der Waals surface area (Å²) in [6, 6.07) is 13.2. The predicted octanol–water partition coefficient (Wildman–Crippen LogP) is 3.64. The van der Waals surface area contributed by atoms with Gasteiger partial charge in [0.25, 0.3) is 0 Å². The topological polar surface area (TPSA) is 83.5 Å². The molecule has 35 heavy (non-hydrogen) atoms. The van der Waals surface area contributed by atoms with Gasteiger partial charge in [-0.15, -0.1) is 0 Å². The first kappa shape index (κ1) is 22.2. The summed E-state index contributed by atoms with van der Waals surface area (Å²) in [5.74, 6) is 1.90. The van der Waals surface area contributed by atoms with Crippen molar-refractivity contribution in [1.29, 1.82) is 0 Å². The molecular weight excluding hydrogens is 434 g/mol. The molecule has 7 nitrogen and oxygen atoms in total. The molecule has 0 radical (unpaired) electrons. The standard InChI is InChI=1S/C27H29N7.CH4/c28-23-15-18-5-1-2-6-19(18)27(23)9-13-33(14-10-27)24-17-30-25-21(32-24)16-31-26(25)34-12-4-7-20-22(34)8-3-11-29-20;/h1-3,5-6,8,11,17,23H,4,7,9-10,12-16,28H2;1H4/t23-;/m1./s1. The zero-order chi connectivity index (χ0) is 22.7. The Morgan fingerprint density at radius 1 is 0.971 bits per heavy atom. The van der Waals surface area contributed by atoms with Crippen LogP contribution in [0.5, 0.6) is 0 Å². The smallest absolute Gasteiger partial charge is 0.156 e. The lowest BCUT2D eigenvalue weighted by atomic mass is 9.71. The van der Waals surface area contributed by atoms with Crippen molar-refractivity contribution in [3.8, 4) is 0 Å². The fraction of sp³-hybridized carbons (Fsp3) is 0.429. The highest BCUT2D eigenvalue weighted by Gasteiger charge is 2.46. The van der Waals surface area contributed by atoms with Gasteiger partial charge in [-0.2, -0.15) is 0 Å². The fourth-order valence-electron chi connectivity index (χ4n) is 6.51. The Labute approximate surface area is 207 Å². The number of aryl methyl sites for hydroxylation is 1. The van der Waals surface area contributed by atoms with Crippen molar-refractivity contribution in [2.24, 2.45) is 10.7 Å². The molecule has 1 saturated heterocycles. The van der Waals surface area contributed by atoms with Crippen molar-refractivity contribution in [2.45, 2.75) is 57.5 Å². The largest absolute Gasteiger partial charge is 0.355 e. The van der Waals surface area contributed by atoms with Gasteiger partial charge in [0.05, 0.1) is 29.8 Å². The van der Waals surface area contributed by atoms with Crippen molar-refractivity contribution in [3.63, 3.8) is 0 Å². The second kappa shape index (κ2) is 8.41. The molecule has 1 aromatic carbocycles. The first-order chi connectivity index (χ1) is 16.7. The molecule has 1 atom stereocenters. The number of hydrogen-bond acceptors (Lipinski definition) is 7. The number of hydrogen-bond donors (Lipinski definition) is 1. The third-order valence-corrected chi connectivity index (χ3v) is 8.31. The lowest BCUT2D eigenvalue weighted by molar-refractivity contribution is 0.292. The first-order valence-corrected chi connectivity index (χ1v) is 12.4. The minimum absolute atomic E-state index is 0. The summed E-state index contributed by atoms with van der Waals surface area (Å²) < 4.78 is 0. The molecule has 0 bridgehead atoms. The van der Waals surface area contributed by atoms with E-state index in [0.717, 1.165) is 86.2 Å². The predicted molar refractivity (Wildman–Crippen MR) is 140 cm³/mol. The van der Waals surface area contributed by atoms with E-state index >= 15 is 0 Å². The van der Waals surface area contributed by atoms with E-state index in [0.29, 0.717) is 6.54 Å². The number of nitrogens with zero attached hydrogens (tertiary/aromatic N) is 6. The Bertz CT molecular complexity index is 1290. The van der Waals surface area contributed by atoms with E-state index in [4.69, 9.17) is 20.7 Å². The number of pyridine rings is 1. The SMILES string of the molecule is C.N[C@@H]1Cc2ccccc2C12CCN(c1cnc3c(n1)CN=C3N1CCCc3ncccc31)CC2. The summed E-state index contributed by atoms with van der Waals surface area (Å²) in [6.07, 6.45) is 9.01. The summed E-state index contributed by atoms with van der Waals surface area (Å²) in [7, 11) is 0. The molecule has 0 amide bonds. The van der Waals surface area contributed by atoms with Gasteiger partial charge in [-0.05, 0) is 55.4 Å². The molecule has 3 aromatic rings. The number of aliphatic imine (C=N–C) groups is 1. The highest BCUT2D eigenvalue weighted by atomic mass is 15.3. The Hall–Kier alpha value is -3.32. The van der Waals surface area contributed by atoms with E-state index in [2.05, 4.69) is 45.1 Å². The lowest BCUT2D eigenvalue weighted by Crippen LogP contribution is -2.50. The van der Waals surface area contributed by atoms with Crippen molar-refractivity contribution < 1.29 is 0 Å². The second-order valence-corrected chi connectivity index (χ2v) is 10.00. The van der Waals surface area contributed by atoms with Crippen LogP contribution in [0.15, 0.2) is 53.8 Å². The molecule has 3 aliphatic heterocycles. The van der Waals surface area contributed by atoms with Crippen LogP contribution in [0.2, 0.25) is 0 Å². The summed E-state index contributed by atoms with van der Waals surface area (Å²) in [4.78, 5) is 24.0. The maximum absolute atomic E-state index is 6.70. The van der Waals surface area contributed by atoms with Gasteiger partial charge in [0, 0.05) is 37.3 Å². The van der Waals surface area contributed by atoms with Crippen LogP contribution in [0.1, 0.15) is 54.9 Å². The average Bonchev–Trinajstić information content (AvgIpc) is 3.43. The monoisotopic (exact) mass is 467 g/mol. The van der Waals surface area contributed by atoms with E-state index in [1.54, 1.807) is 0 Å². The molecule has 4 aliphatic rings. The van der Waals surface area contributed by atoms with Gasteiger partial charge in [-0.25, -0.2) is 9.97 Å². The van der Waals surface area contributed by atoms with Gasteiger partial charge in [-0.3, -0.25) is 9.98 Å². The quantitative estimate of drug-likeness (QED) is 0.588. The zero-order valence-electron chi connectivity index (χ0n) is 19.3. The Kier molecular flexibility index (Phi) is 5.33. The molecule has 5 heterocycles. The highest BCUT2D eigenvalue weighted by Crippen LogP contribution is 2.46. The lowest BCUT2D eigenvalue weighted by Gasteiger charge is -2.43. The molecule has 7 rings (SSSR count). The third-order valence-electron chi connectivity index (χ3n) is 8.31. The first-order valence-electron chi connectivity index (χ1n) is 12.4. The van der Waals surface area contributed by atoms with E-state index in [9.17, 15) is 0 Å². The summed E-state index contributed by atoms with van der Waals surface area (Å²) >= 11 is 0. The summed E-state index contributed by atoms with van der Waals surface area (Å²) in [5, 5.41) is 0. The number of anilines is 2. The molecule has 180 valence electrons. The van der Waals surface area contributed by atoms with Crippen LogP contribution in [0.4, 0.5) is 11.5 Å². The van der Waals surface area contributed by atoms with E-state index < -0.39 is 0 Å². The number of aromatic nitrogens is 3. The van der Waals surface area contributed by atoms with Gasteiger partial charge in [0.1, 0.15) is 11.5 Å². The molecule has 1 fully saturated rings. The van der Waals surface area contributed by atoms with E-state index in [1.165, 1.54) is 11.1 Å². The van der Waals surface area contributed by atoms with Crippen LogP contribution in [-0.2, 0) is 24.8 Å². The van der Waals surface area contributed by atoms with Crippen molar-refractivity contribution >= 4 is 17.3 Å². The van der Waals surface area contributed by atoms with Crippen molar-refractivity contribution in [2.75, 3.05) is 29.4 Å². The molecule has 0 saturated carbocycles. The Morgan fingerprint density at radius 3 is 2.71 bits per heavy atom. The summed E-state index contributed by atoms with van der Waals surface area (Å²) in [5.41, 5.74) is 13.9. The van der Waals surface area contributed by atoms with Crippen LogP contribution in [0, 0.1) is 0 Å². The third kappa shape index (κ3) is 3.36. The molecule has 1 aliphatic carbocycles. The van der Waals surface area contributed by atoms with Gasteiger partial charge in [-0.1, -0.05) is 31.7 Å². The molecule has 1 spiro atoms. The van der Waals surface area contributed by atoms with Crippen LogP contribution in [0.25, 0.3) is 0 Å². The van der Waals surface area contributed by atoms with Crippen LogP contribution in [0.3, 0.4) is 0 Å². The van der Waals surface area contributed by atoms with Crippen molar-refractivity contribution in [1.82, 2.24) is 15.0 Å². The normalized spacial score (nSPS) is 21.7. The molecule has 2 N–H and O–H groups in total. The molecule has 0 unspecified atom stereocenters. The Morgan fingerprint density at radius 2 is 1.83 bits per heavy atom. The number of fused-ring (bicyclic) bond motifs is 4. The minimum Gasteiger partial charge on any atom is -0.355 e. The maximum Gasteiger partial charge on any atom is 0.156 e. The van der Waals surface area contributed by atoms with Gasteiger partial charge in [0.2, 0.25) is 0 Å². The van der Waals surface area contributed by atoms with Gasteiger partial charge >= 0.3 is 0 Å². The minimum atomic E-state index is 0. The highest BCUT2D eigenvalue weighted by molar-refractivity contribution is 6.11. The zero-order valence-corrected chi connectivity index (χ0v) is 19.3. The van der Waals surface area contributed by atoms with E-state index in [-0.39, 0.29) is 18.9 Å². The Balaban J connectivity index is 0.00000229. The number of piperidine rings is 1. The van der Waals surface area contributed by atoms with Crippen molar-refractivity contribution in [3.05, 3.63) is 77.0 Å². The molecule has 7 heteroatoms. The maximum atomic E-state index is 6.70. The average molecular weight is 468 g/mol. The van der Waals surface area contributed by atoms with Gasteiger partial charge in [0.15, 0.2) is 5.84 Å². The number of amidine groups is 1. The van der Waals surface area contributed by atoms with Gasteiger partial charge < -0.3 is 15.5 Å². The molecule has 2 aromatic heterocycles. The van der Waals surface area contributed by atoms with Crippen LogP contribution >= 0.6 is 0 Å². The number of rotatable bonds is 1. The van der Waals surface area contributed by atoms with Crippen LogP contribution < -0.4 is 15.5 Å². The number of nitrogens with two attached hydrogens (primary N) is 1. The fourth-order valence-corrected chi connectivity index (χ4v) is 6.51.